The summed E-state index contributed by atoms with van der Waals surface area (Å²) in [4.78, 5) is 12.7. The molecule has 0 saturated heterocycles. The normalized spacial score (nSPS) is 16.3. The Morgan fingerprint density at radius 1 is 1.04 bits per heavy atom. The Bertz CT molecular complexity index is 967. The molecule has 1 atom stereocenters. The van der Waals surface area contributed by atoms with Crippen LogP contribution in [0.1, 0.15) is 18.2 Å². The number of rotatable bonds is 4. The van der Waals surface area contributed by atoms with Crippen LogP contribution in [-0.2, 0) is 4.79 Å². The summed E-state index contributed by atoms with van der Waals surface area (Å²) < 4.78 is 5.56. The number of carbonyl (C=O) groups excluding carboxylic acids is 1. The van der Waals surface area contributed by atoms with Gasteiger partial charge in [-0.2, -0.15) is 5.10 Å². The van der Waals surface area contributed by atoms with Crippen molar-refractivity contribution < 1.29 is 9.21 Å². The summed E-state index contributed by atoms with van der Waals surface area (Å²) >= 11 is 11.9. The van der Waals surface area contributed by atoms with Gasteiger partial charge in [0, 0.05) is 22.2 Å². The molecule has 0 saturated carbocycles. The zero-order valence-electron chi connectivity index (χ0n) is 14.1. The lowest BCUT2D eigenvalue weighted by atomic mass is 10.1. The molecule has 1 aromatic heterocycles. The van der Waals surface area contributed by atoms with Crippen molar-refractivity contribution in [2.75, 3.05) is 10.3 Å². The first kappa shape index (κ1) is 17.6. The molecule has 27 heavy (non-hydrogen) atoms. The van der Waals surface area contributed by atoms with E-state index < -0.39 is 0 Å². The third kappa shape index (κ3) is 3.84. The van der Waals surface area contributed by atoms with E-state index in [1.165, 1.54) is 0 Å². The lowest BCUT2D eigenvalue weighted by Crippen LogP contribution is -2.21. The topological polar surface area (TPSA) is 57.8 Å². The van der Waals surface area contributed by atoms with Gasteiger partial charge in [0.05, 0.1) is 12.0 Å². The van der Waals surface area contributed by atoms with Crippen LogP contribution in [0.4, 0.5) is 11.4 Å². The van der Waals surface area contributed by atoms with Crippen LogP contribution in [0, 0.1) is 0 Å². The van der Waals surface area contributed by atoms with Gasteiger partial charge in [-0.25, -0.2) is 0 Å². The number of furan rings is 1. The molecule has 0 fully saturated rings. The molecular formula is C20H15Cl2N3O2. The molecule has 7 heteroatoms. The van der Waals surface area contributed by atoms with Gasteiger partial charge in [0.15, 0.2) is 0 Å². The number of hydrogen-bond donors (Lipinski definition) is 1. The SMILES string of the molecule is O=C(Nc1ccc(Cl)cc1)C1=NN(c2ccc(Cl)cc2)C(c2ccco2)C1. The molecule has 2 aromatic carbocycles. The van der Waals surface area contributed by atoms with Crippen LogP contribution in [0.3, 0.4) is 0 Å². The summed E-state index contributed by atoms with van der Waals surface area (Å²) in [5, 5.41) is 10.4. The summed E-state index contributed by atoms with van der Waals surface area (Å²) in [7, 11) is 0. The van der Waals surface area contributed by atoms with Crippen molar-refractivity contribution in [3.63, 3.8) is 0 Å². The molecule has 1 aliphatic heterocycles. The van der Waals surface area contributed by atoms with Crippen LogP contribution in [-0.4, -0.2) is 11.6 Å². The maximum Gasteiger partial charge on any atom is 0.271 e. The van der Waals surface area contributed by atoms with Gasteiger partial charge in [-0.05, 0) is 60.7 Å². The quantitative estimate of drug-likeness (QED) is 0.626. The molecule has 4 rings (SSSR count). The molecule has 1 N–H and O–H groups in total. The molecule has 1 aliphatic rings. The summed E-state index contributed by atoms with van der Waals surface area (Å²) in [6.07, 6.45) is 2.04. The van der Waals surface area contributed by atoms with E-state index in [-0.39, 0.29) is 11.9 Å². The summed E-state index contributed by atoms with van der Waals surface area (Å²) in [6.45, 7) is 0. The number of amides is 1. The molecule has 1 unspecified atom stereocenters. The fraction of sp³-hybridized carbons (Fsp3) is 0.100. The van der Waals surface area contributed by atoms with E-state index in [1.54, 1.807) is 47.7 Å². The number of hydrazone groups is 1. The minimum Gasteiger partial charge on any atom is -0.467 e. The molecule has 0 aliphatic carbocycles. The van der Waals surface area contributed by atoms with Gasteiger partial charge in [-0.15, -0.1) is 0 Å². The van der Waals surface area contributed by atoms with Crippen LogP contribution in [0.5, 0.6) is 0 Å². The Kier molecular flexibility index (Phi) is 4.88. The third-order valence-corrected chi connectivity index (χ3v) is 4.74. The van der Waals surface area contributed by atoms with Gasteiger partial charge >= 0.3 is 0 Å². The van der Waals surface area contributed by atoms with Crippen LogP contribution in [0.2, 0.25) is 10.0 Å². The van der Waals surface area contributed by atoms with Crippen LogP contribution >= 0.6 is 23.2 Å². The zero-order valence-corrected chi connectivity index (χ0v) is 15.6. The lowest BCUT2D eigenvalue weighted by Gasteiger charge is -2.21. The average Bonchev–Trinajstić information content (AvgIpc) is 3.33. The Morgan fingerprint density at radius 3 is 2.33 bits per heavy atom. The van der Waals surface area contributed by atoms with E-state index in [0.29, 0.717) is 27.9 Å². The zero-order chi connectivity index (χ0) is 18.8. The monoisotopic (exact) mass is 399 g/mol. The van der Waals surface area contributed by atoms with E-state index in [2.05, 4.69) is 10.4 Å². The number of carbonyl (C=O) groups is 1. The van der Waals surface area contributed by atoms with Crippen LogP contribution in [0.25, 0.3) is 0 Å². The first-order valence-electron chi connectivity index (χ1n) is 8.33. The van der Waals surface area contributed by atoms with Crippen molar-refractivity contribution in [1.29, 1.82) is 0 Å². The molecule has 5 nitrogen and oxygen atoms in total. The number of hydrogen-bond acceptors (Lipinski definition) is 4. The number of nitrogens with zero attached hydrogens (tertiary/aromatic N) is 2. The molecule has 3 aromatic rings. The van der Waals surface area contributed by atoms with Crippen molar-refractivity contribution in [2.24, 2.45) is 5.10 Å². The van der Waals surface area contributed by atoms with Gasteiger partial charge < -0.3 is 9.73 Å². The van der Waals surface area contributed by atoms with Crippen molar-refractivity contribution in [3.8, 4) is 0 Å². The average molecular weight is 400 g/mol. The number of anilines is 2. The maximum absolute atomic E-state index is 12.7. The standard InChI is InChI=1S/C20H15Cl2N3O2/c21-13-3-7-15(8-4-13)23-20(26)17-12-18(19-2-1-11-27-19)25(24-17)16-9-5-14(22)6-10-16/h1-11,18H,12H2,(H,23,26). The Balaban J connectivity index is 1.60. The van der Waals surface area contributed by atoms with E-state index >= 15 is 0 Å². The van der Waals surface area contributed by atoms with E-state index in [4.69, 9.17) is 27.6 Å². The predicted octanol–water partition coefficient (Wildman–Crippen LogP) is 5.53. The van der Waals surface area contributed by atoms with Gasteiger partial charge in [-0.1, -0.05) is 23.2 Å². The minimum absolute atomic E-state index is 0.202. The van der Waals surface area contributed by atoms with E-state index in [1.807, 2.05) is 24.3 Å². The summed E-state index contributed by atoms with van der Waals surface area (Å²) in [6, 6.07) is 17.7. The summed E-state index contributed by atoms with van der Waals surface area (Å²) in [5.74, 6) is 0.480. The van der Waals surface area contributed by atoms with Crippen molar-refractivity contribution >= 4 is 46.2 Å². The highest BCUT2D eigenvalue weighted by Crippen LogP contribution is 2.36. The van der Waals surface area contributed by atoms with Crippen LogP contribution in [0.15, 0.2) is 76.4 Å². The van der Waals surface area contributed by atoms with Gasteiger partial charge in [0.25, 0.3) is 5.91 Å². The van der Waals surface area contributed by atoms with E-state index in [9.17, 15) is 4.79 Å². The predicted molar refractivity (Wildman–Crippen MR) is 108 cm³/mol. The fourth-order valence-corrected chi connectivity index (χ4v) is 3.17. The molecule has 0 radical (unpaired) electrons. The first-order valence-corrected chi connectivity index (χ1v) is 9.08. The highest BCUT2D eigenvalue weighted by Gasteiger charge is 2.34. The highest BCUT2D eigenvalue weighted by molar-refractivity contribution is 6.43. The van der Waals surface area contributed by atoms with Gasteiger partial charge in [-0.3, -0.25) is 9.80 Å². The molecule has 0 spiro atoms. The highest BCUT2D eigenvalue weighted by atomic mass is 35.5. The first-order chi connectivity index (χ1) is 13.1. The fourth-order valence-electron chi connectivity index (χ4n) is 2.92. The van der Waals surface area contributed by atoms with Crippen LogP contribution < -0.4 is 10.3 Å². The Morgan fingerprint density at radius 2 is 1.70 bits per heavy atom. The summed E-state index contributed by atoms with van der Waals surface area (Å²) in [5.41, 5.74) is 1.91. The molecule has 136 valence electrons. The molecule has 2 heterocycles. The number of nitrogens with one attached hydrogen (secondary N) is 1. The maximum atomic E-state index is 12.7. The van der Waals surface area contributed by atoms with E-state index in [0.717, 1.165) is 11.4 Å². The second-order valence-electron chi connectivity index (χ2n) is 6.06. The molecule has 1 amide bonds. The Hall–Kier alpha value is -2.76. The van der Waals surface area contributed by atoms with Crippen molar-refractivity contribution in [2.45, 2.75) is 12.5 Å². The lowest BCUT2D eigenvalue weighted by molar-refractivity contribution is -0.110. The number of halogens is 2. The largest absolute Gasteiger partial charge is 0.467 e. The Labute approximate surface area is 166 Å². The van der Waals surface area contributed by atoms with Crippen molar-refractivity contribution in [3.05, 3.63) is 82.7 Å². The second kappa shape index (κ2) is 7.47. The third-order valence-electron chi connectivity index (χ3n) is 4.24. The number of benzene rings is 2. The van der Waals surface area contributed by atoms with Gasteiger partial charge in [0.2, 0.25) is 0 Å². The second-order valence-corrected chi connectivity index (χ2v) is 6.94. The smallest absolute Gasteiger partial charge is 0.271 e. The minimum atomic E-state index is -0.259. The van der Waals surface area contributed by atoms with Gasteiger partial charge in [0.1, 0.15) is 17.5 Å². The molecule has 0 bridgehead atoms. The van der Waals surface area contributed by atoms with Crippen molar-refractivity contribution in [1.82, 2.24) is 0 Å². The molecular weight excluding hydrogens is 385 g/mol.